The number of piperidine rings is 1. The molecule has 0 aliphatic carbocycles. The van der Waals surface area contributed by atoms with E-state index in [2.05, 4.69) is 21.4 Å². The third-order valence-corrected chi connectivity index (χ3v) is 7.20. The Kier molecular flexibility index (Phi) is 5.36. The van der Waals surface area contributed by atoms with E-state index < -0.39 is 21.8 Å². The van der Waals surface area contributed by atoms with Gasteiger partial charge >= 0.3 is 6.18 Å². The number of benzene rings is 1. The molecule has 2 N–H and O–H groups in total. The van der Waals surface area contributed by atoms with Gasteiger partial charge in [-0.15, -0.1) is 0 Å². The predicted octanol–water partition coefficient (Wildman–Crippen LogP) is 3.72. The van der Waals surface area contributed by atoms with Gasteiger partial charge in [-0.3, -0.25) is 0 Å². The van der Waals surface area contributed by atoms with Crippen molar-refractivity contribution in [3.05, 3.63) is 53.9 Å². The van der Waals surface area contributed by atoms with Crippen LogP contribution in [-0.4, -0.2) is 41.8 Å². The number of rotatable bonds is 4. The summed E-state index contributed by atoms with van der Waals surface area (Å²) in [4.78, 5) is 6.79. The summed E-state index contributed by atoms with van der Waals surface area (Å²) in [5.41, 5.74) is 0.646. The second kappa shape index (κ2) is 7.86. The van der Waals surface area contributed by atoms with Gasteiger partial charge in [0, 0.05) is 36.9 Å². The Balaban J connectivity index is 1.50. The lowest BCUT2D eigenvalue weighted by Crippen LogP contribution is -2.42. The van der Waals surface area contributed by atoms with Crippen LogP contribution in [0.4, 0.5) is 18.9 Å². The highest BCUT2D eigenvalue weighted by Crippen LogP contribution is 2.32. The van der Waals surface area contributed by atoms with Crippen LogP contribution in [0.2, 0.25) is 0 Å². The summed E-state index contributed by atoms with van der Waals surface area (Å²) in [5, 5.41) is 13.5. The van der Waals surface area contributed by atoms with Crippen molar-refractivity contribution in [1.29, 1.82) is 5.26 Å². The average Bonchev–Trinajstić information content (AvgIpc) is 3.23. The van der Waals surface area contributed by atoms with Crippen molar-refractivity contribution in [1.82, 2.24) is 14.3 Å². The van der Waals surface area contributed by atoms with Gasteiger partial charge in [-0.05, 0) is 37.1 Å². The third-order valence-electron chi connectivity index (χ3n) is 5.31. The van der Waals surface area contributed by atoms with Crippen molar-refractivity contribution in [3.8, 4) is 6.07 Å². The molecule has 3 aromatic rings. The quantitative estimate of drug-likeness (QED) is 0.632. The van der Waals surface area contributed by atoms with Gasteiger partial charge in [0.25, 0.3) is 0 Å². The molecular weight excluding hydrogens is 431 g/mol. The zero-order chi connectivity index (χ0) is 22.2. The van der Waals surface area contributed by atoms with Crippen LogP contribution in [0.25, 0.3) is 11.0 Å². The van der Waals surface area contributed by atoms with Crippen LogP contribution in [0.1, 0.15) is 24.0 Å². The van der Waals surface area contributed by atoms with E-state index >= 15 is 0 Å². The first-order valence-electron chi connectivity index (χ1n) is 9.50. The smallest absolute Gasteiger partial charge is 0.380 e. The van der Waals surface area contributed by atoms with Crippen molar-refractivity contribution in [3.63, 3.8) is 0 Å². The monoisotopic (exact) mass is 449 g/mol. The summed E-state index contributed by atoms with van der Waals surface area (Å²) < 4.78 is 65.8. The Labute approximate surface area is 176 Å². The minimum Gasteiger partial charge on any atom is -0.380 e. The molecule has 3 heterocycles. The number of hydrogen-bond donors (Lipinski definition) is 2. The Bertz CT molecular complexity index is 1260. The van der Waals surface area contributed by atoms with E-state index in [1.54, 1.807) is 12.3 Å². The first-order chi connectivity index (χ1) is 14.7. The lowest BCUT2D eigenvalue weighted by atomic mass is 10.1. The Morgan fingerprint density at radius 3 is 2.65 bits per heavy atom. The summed E-state index contributed by atoms with van der Waals surface area (Å²) >= 11 is 0. The molecule has 1 aliphatic heterocycles. The lowest BCUT2D eigenvalue weighted by Gasteiger charge is -2.32. The van der Waals surface area contributed by atoms with Gasteiger partial charge in [-0.2, -0.15) is 22.7 Å². The zero-order valence-electron chi connectivity index (χ0n) is 16.1. The van der Waals surface area contributed by atoms with Crippen LogP contribution in [-0.2, 0) is 16.2 Å². The number of anilines is 1. The molecule has 0 unspecified atom stereocenters. The van der Waals surface area contributed by atoms with Crippen molar-refractivity contribution >= 4 is 26.7 Å². The maximum Gasteiger partial charge on any atom is 0.416 e. The second-order valence-electron chi connectivity index (χ2n) is 7.25. The van der Waals surface area contributed by atoms with E-state index in [0.717, 1.165) is 17.5 Å². The number of sulfonamides is 1. The topological polar surface area (TPSA) is 102 Å². The van der Waals surface area contributed by atoms with E-state index in [-0.39, 0.29) is 24.0 Å². The number of nitrogens with zero attached hydrogens (tertiary/aromatic N) is 3. The van der Waals surface area contributed by atoms with E-state index in [0.29, 0.717) is 35.8 Å². The van der Waals surface area contributed by atoms with Crippen molar-refractivity contribution < 1.29 is 21.6 Å². The van der Waals surface area contributed by atoms with Gasteiger partial charge in [-0.25, -0.2) is 13.4 Å². The molecule has 0 radical (unpaired) electrons. The molecule has 1 aromatic carbocycles. The molecule has 1 aliphatic rings. The Morgan fingerprint density at radius 2 is 1.97 bits per heavy atom. The molecule has 0 saturated carbocycles. The summed E-state index contributed by atoms with van der Waals surface area (Å²) in [6.07, 6.45) is -0.549. The minimum absolute atomic E-state index is 0.0967. The normalized spacial score (nSPS) is 16.3. The lowest BCUT2D eigenvalue weighted by molar-refractivity contribution is -0.137. The highest BCUT2D eigenvalue weighted by molar-refractivity contribution is 7.89. The number of aromatic amines is 1. The highest BCUT2D eigenvalue weighted by atomic mass is 32.2. The second-order valence-corrected chi connectivity index (χ2v) is 9.18. The molecule has 11 heteroatoms. The fourth-order valence-electron chi connectivity index (χ4n) is 3.67. The van der Waals surface area contributed by atoms with Crippen molar-refractivity contribution in [2.45, 2.75) is 30.0 Å². The SMILES string of the molecule is N#Cc1cnc2[nH]ccc2c1NC1CCN(S(=O)(=O)c2cccc(C(F)(F)F)c2)CC1. The fourth-order valence-corrected chi connectivity index (χ4v) is 5.19. The van der Waals surface area contributed by atoms with Gasteiger partial charge in [-0.1, -0.05) is 6.07 Å². The molecule has 1 saturated heterocycles. The first-order valence-corrected chi connectivity index (χ1v) is 10.9. The van der Waals surface area contributed by atoms with Crippen molar-refractivity contribution in [2.75, 3.05) is 18.4 Å². The van der Waals surface area contributed by atoms with Gasteiger partial charge in [0.1, 0.15) is 11.7 Å². The number of hydrogen-bond acceptors (Lipinski definition) is 5. The molecule has 0 bridgehead atoms. The number of pyridine rings is 1. The van der Waals surface area contributed by atoms with Gasteiger partial charge in [0.05, 0.1) is 21.7 Å². The van der Waals surface area contributed by atoms with E-state index in [1.165, 1.54) is 16.6 Å². The molecular formula is C20H18F3N5O2S. The van der Waals surface area contributed by atoms with Crippen LogP contribution in [0.5, 0.6) is 0 Å². The fraction of sp³-hybridized carbons (Fsp3) is 0.300. The largest absolute Gasteiger partial charge is 0.416 e. The van der Waals surface area contributed by atoms with E-state index in [1.807, 2.05) is 0 Å². The number of halogens is 3. The molecule has 0 atom stereocenters. The molecule has 162 valence electrons. The van der Waals surface area contributed by atoms with Gasteiger partial charge in [0.15, 0.2) is 0 Å². The standard InChI is InChI=1S/C20H18F3N5O2S/c21-20(22,23)14-2-1-3-16(10-14)31(29,30)28-8-5-15(6-9-28)27-18-13(11-24)12-26-19-17(18)4-7-25-19/h1-4,7,10,12,15H,5-6,8-9H2,(H2,25,26,27). The molecule has 0 amide bonds. The summed E-state index contributed by atoms with van der Waals surface area (Å²) in [7, 11) is -4.04. The first kappa shape index (κ1) is 21.1. The van der Waals surface area contributed by atoms with Gasteiger partial charge < -0.3 is 10.3 Å². The highest BCUT2D eigenvalue weighted by Gasteiger charge is 2.34. The molecule has 4 rings (SSSR count). The number of fused-ring (bicyclic) bond motifs is 1. The summed E-state index contributed by atoms with van der Waals surface area (Å²) in [5.74, 6) is 0. The molecule has 7 nitrogen and oxygen atoms in total. The van der Waals surface area contributed by atoms with Crippen LogP contribution in [0.3, 0.4) is 0 Å². The number of nitriles is 1. The van der Waals surface area contributed by atoms with Crippen LogP contribution in [0.15, 0.2) is 47.6 Å². The van der Waals surface area contributed by atoms with E-state index in [4.69, 9.17) is 0 Å². The number of H-pyrrole nitrogens is 1. The van der Waals surface area contributed by atoms with Crippen LogP contribution in [0, 0.1) is 11.3 Å². The maximum absolute atomic E-state index is 13.0. The molecule has 0 spiro atoms. The Hall–Kier alpha value is -3.10. The molecule has 2 aromatic heterocycles. The molecule has 31 heavy (non-hydrogen) atoms. The Morgan fingerprint density at radius 1 is 1.23 bits per heavy atom. The number of alkyl halides is 3. The minimum atomic E-state index is -4.62. The number of nitrogens with one attached hydrogen (secondary N) is 2. The average molecular weight is 449 g/mol. The zero-order valence-corrected chi connectivity index (χ0v) is 17.0. The van der Waals surface area contributed by atoms with E-state index in [9.17, 15) is 26.9 Å². The third kappa shape index (κ3) is 4.08. The van der Waals surface area contributed by atoms with Crippen LogP contribution < -0.4 is 5.32 Å². The molecule has 1 fully saturated rings. The summed E-state index contributed by atoms with van der Waals surface area (Å²) in [6.45, 7) is 0.305. The van der Waals surface area contributed by atoms with Gasteiger partial charge in [0.2, 0.25) is 10.0 Å². The predicted molar refractivity (Wildman–Crippen MR) is 108 cm³/mol. The van der Waals surface area contributed by atoms with Crippen LogP contribution >= 0.6 is 0 Å². The van der Waals surface area contributed by atoms with Crippen molar-refractivity contribution in [2.24, 2.45) is 0 Å². The maximum atomic E-state index is 13.0. The number of aromatic nitrogens is 2. The summed E-state index contributed by atoms with van der Waals surface area (Å²) in [6, 6.07) is 7.59.